The average Bonchev–Trinajstić information content (AvgIpc) is 2.38. The lowest BCUT2D eigenvalue weighted by Crippen LogP contribution is -2.60. The van der Waals surface area contributed by atoms with Crippen LogP contribution in [0, 0.1) is 0 Å². The minimum atomic E-state index is -0.146. The molecule has 0 aromatic heterocycles. The fraction of sp³-hybridized carbons (Fsp3) is 0.929. The molecule has 1 N–H and O–H groups in total. The molecule has 0 aliphatic carbocycles. The molecule has 0 aromatic carbocycles. The number of carbonyl (C=O) groups is 1. The van der Waals surface area contributed by atoms with E-state index in [2.05, 4.69) is 24.1 Å². The Morgan fingerprint density at radius 2 is 2.32 bits per heavy atom. The van der Waals surface area contributed by atoms with Crippen molar-refractivity contribution in [3.8, 4) is 0 Å². The Balaban J connectivity index is 2.04. The predicted octanol–water partition coefficient (Wildman–Crippen LogP) is 0.781. The summed E-state index contributed by atoms with van der Waals surface area (Å²) in [6, 6.07) is 0.271. The van der Waals surface area contributed by atoms with E-state index in [1.54, 1.807) is 0 Å². The van der Waals surface area contributed by atoms with Gasteiger partial charge in [-0.15, -0.1) is 0 Å². The number of piperazine rings is 1. The number of hydrogen-bond donors (Lipinski definition) is 1. The zero-order chi connectivity index (χ0) is 13.9. The van der Waals surface area contributed by atoms with Crippen LogP contribution in [0.5, 0.6) is 0 Å². The van der Waals surface area contributed by atoms with Gasteiger partial charge in [-0.25, -0.2) is 0 Å². The summed E-state index contributed by atoms with van der Waals surface area (Å²) in [5.41, 5.74) is -0.0903. The van der Waals surface area contributed by atoms with Gasteiger partial charge in [0, 0.05) is 32.3 Å². The highest BCUT2D eigenvalue weighted by Crippen LogP contribution is 2.29. The molecule has 0 amide bonds. The summed E-state index contributed by atoms with van der Waals surface area (Å²) < 4.78 is 11.0. The lowest BCUT2D eigenvalue weighted by molar-refractivity contribution is -0.154. The van der Waals surface area contributed by atoms with Gasteiger partial charge in [0.15, 0.2) is 0 Å². The maximum absolute atomic E-state index is 12.1. The first-order valence-electron chi connectivity index (χ1n) is 7.30. The number of carbonyl (C=O) groups excluding carboxylic acids is 1. The van der Waals surface area contributed by atoms with Crippen molar-refractivity contribution in [2.75, 3.05) is 32.8 Å². The first kappa shape index (κ1) is 14.8. The third-order valence-corrected chi connectivity index (χ3v) is 3.98. The van der Waals surface area contributed by atoms with E-state index in [9.17, 15) is 4.79 Å². The molecule has 5 nitrogen and oxygen atoms in total. The van der Waals surface area contributed by atoms with E-state index in [-0.39, 0.29) is 17.6 Å². The molecule has 19 heavy (non-hydrogen) atoms. The van der Waals surface area contributed by atoms with E-state index < -0.39 is 0 Å². The Hall–Kier alpha value is -0.650. The van der Waals surface area contributed by atoms with E-state index in [4.69, 9.17) is 9.47 Å². The lowest BCUT2D eigenvalue weighted by Gasteiger charge is -2.45. The molecule has 2 unspecified atom stereocenters. The third kappa shape index (κ3) is 3.68. The van der Waals surface area contributed by atoms with Gasteiger partial charge in [0.1, 0.15) is 6.04 Å². The van der Waals surface area contributed by atoms with Crippen LogP contribution >= 0.6 is 0 Å². The second-order valence-corrected chi connectivity index (χ2v) is 5.96. The number of rotatable bonds is 3. The Kier molecular flexibility index (Phi) is 4.81. The zero-order valence-electron chi connectivity index (χ0n) is 12.3. The minimum Gasteiger partial charge on any atom is -0.465 e. The highest BCUT2D eigenvalue weighted by atomic mass is 16.5. The molecule has 2 atom stereocenters. The van der Waals surface area contributed by atoms with Crippen molar-refractivity contribution >= 4 is 5.97 Å². The summed E-state index contributed by atoms with van der Waals surface area (Å²) in [6.07, 6.45) is 1.97. The molecular weight excluding hydrogens is 244 g/mol. The molecule has 5 heteroatoms. The molecule has 0 bridgehead atoms. The van der Waals surface area contributed by atoms with Crippen LogP contribution in [0.4, 0.5) is 0 Å². The van der Waals surface area contributed by atoms with E-state index in [1.807, 2.05) is 6.92 Å². The van der Waals surface area contributed by atoms with Crippen molar-refractivity contribution in [2.24, 2.45) is 0 Å². The maximum Gasteiger partial charge on any atom is 0.324 e. The highest BCUT2D eigenvalue weighted by Gasteiger charge is 2.39. The molecule has 0 aromatic rings. The smallest absolute Gasteiger partial charge is 0.324 e. The summed E-state index contributed by atoms with van der Waals surface area (Å²) in [5, 5.41) is 3.29. The van der Waals surface area contributed by atoms with Crippen molar-refractivity contribution in [1.29, 1.82) is 0 Å². The maximum atomic E-state index is 12.1. The molecular formula is C14H26N2O3. The fourth-order valence-electron chi connectivity index (χ4n) is 3.10. The Morgan fingerprint density at radius 1 is 1.53 bits per heavy atom. The van der Waals surface area contributed by atoms with Crippen molar-refractivity contribution in [1.82, 2.24) is 10.2 Å². The Bertz CT molecular complexity index is 320. The molecule has 0 spiro atoms. The molecule has 2 aliphatic rings. The molecule has 2 saturated heterocycles. The number of esters is 1. The normalized spacial score (nSPS) is 31.9. The van der Waals surface area contributed by atoms with Crippen LogP contribution < -0.4 is 5.32 Å². The van der Waals surface area contributed by atoms with Gasteiger partial charge in [0.2, 0.25) is 0 Å². The van der Waals surface area contributed by atoms with Gasteiger partial charge < -0.3 is 14.8 Å². The molecule has 2 fully saturated rings. The first-order chi connectivity index (χ1) is 9.03. The second kappa shape index (κ2) is 6.20. The summed E-state index contributed by atoms with van der Waals surface area (Å²) >= 11 is 0. The van der Waals surface area contributed by atoms with Crippen molar-refractivity contribution in [2.45, 2.75) is 51.3 Å². The second-order valence-electron chi connectivity index (χ2n) is 5.96. The highest BCUT2D eigenvalue weighted by molar-refractivity contribution is 5.76. The molecule has 0 radical (unpaired) electrons. The van der Waals surface area contributed by atoms with Gasteiger partial charge >= 0.3 is 5.97 Å². The van der Waals surface area contributed by atoms with Gasteiger partial charge in [0.25, 0.3) is 0 Å². The topological polar surface area (TPSA) is 50.8 Å². The van der Waals surface area contributed by atoms with Gasteiger partial charge in [-0.2, -0.15) is 0 Å². The van der Waals surface area contributed by atoms with Crippen LogP contribution in [0.15, 0.2) is 0 Å². The summed E-state index contributed by atoms with van der Waals surface area (Å²) in [4.78, 5) is 14.4. The third-order valence-electron chi connectivity index (χ3n) is 3.98. The summed E-state index contributed by atoms with van der Waals surface area (Å²) in [6.45, 7) is 9.87. The van der Waals surface area contributed by atoms with Gasteiger partial charge in [-0.3, -0.25) is 9.69 Å². The van der Waals surface area contributed by atoms with Crippen LogP contribution in [0.25, 0.3) is 0 Å². The van der Waals surface area contributed by atoms with Gasteiger partial charge in [-0.05, 0) is 33.6 Å². The van der Waals surface area contributed by atoms with E-state index in [0.29, 0.717) is 19.2 Å². The van der Waals surface area contributed by atoms with Gasteiger partial charge in [-0.1, -0.05) is 0 Å². The van der Waals surface area contributed by atoms with Crippen molar-refractivity contribution < 1.29 is 14.3 Å². The lowest BCUT2D eigenvalue weighted by atomic mass is 9.91. The van der Waals surface area contributed by atoms with Crippen molar-refractivity contribution in [3.63, 3.8) is 0 Å². The number of nitrogens with one attached hydrogen (secondary N) is 1. The van der Waals surface area contributed by atoms with Crippen LogP contribution in [0.1, 0.15) is 33.6 Å². The van der Waals surface area contributed by atoms with E-state index in [0.717, 1.165) is 32.5 Å². The Labute approximate surface area is 115 Å². The standard InChI is InChI=1S/C14H26N2O3/c1-4-18-13(17)12-10-15-6-7-16(12)11-5-8-19-14(2,3)9-11/h11-12,15H,4-10H2,1-3H3. The Morgan fingerprint density at radius 3 is 3.00 bits per heavy atom. The molecule has 2 aliphatic heterocycles. The monoisotopic (exact) mass is 270 g/mol. The largest absolute Gasteiger partial charge is 0.465 e. The zero-order valence-corrected chi connectivity index (χ0v) is 12.3. The van der Waals surface area contributed by atoms with Gasteiger partial charge in [0.05, 0.1) is 12.2 Å². The molecule has 0 saturated carbocycles. The molecule has 2 rings (SSSR count). The first-order valence-corrected chi connectivity index (χ1v) is 7.30. The van der Waals surface area contributed by atoms with Crippen molar-refractivity contribution in [3.05, 3.63) is 0 Å². The number of ether oxygens (including phenoxy) is 2. The van der Waals surface area contributed by atoms with Crippen LogP contribution in [0.3, 0.4) is 0 Å². The summed E-state index contributed by atoms with van der Waals surface area (Å²) in [7, 11) is 0. The quantitative estimate of drug-likeness (QED) is 0.768. The number of nitrogens with zero attached hydrogens (tertiary/aromatic N) is 1. The van der Waals surface area contributed by atoms with Crippen LogP contribution in [-0.2, 0) is 14.3 Å². The molecule has 2 heterocycles. The van der Waals surface area contributed by atoms with Crippen LogP contribution in [-0.4, -0.2) is 61.4 Å². The SMILES string of the molecule is CCOC(=O)C1CNCCN1C1CCOC(C)(C)C1. The fourth-order valence-corrected chi connectivity index (χ4v) is 3.10. The average molecular weight is 270 g/mol. The van der Waals surface area contributed by atoms with E-state index >= 15 is 0 Å². The summed E-state index contributed by atoms with van der Waals surface area (Å²) in [5.74, 6) is -0.0982. The van der Waals surface area contributed by atoms with Crippen LogP contribution in [0.2, 0.25) is 0 Å². The molecule has 110 valence electrons. The minimum absolute atomic E-state index is 0.0903. The number of hydrogen-bond acceptors (Lipinski definition) is 5. The van der Waals surface area contributed by atoms with E-state index in [1.165, 1.54) is 0 Å². The predicted molar refractivity (Wildman–Crippen MR) is 73.0 cm³/mol.